The van der Waals surface area contributed by atoms with Gasteiger partial charge in [-0.05, 0) is 6.07 Å². The van der Waals surface area contributed by atoms with Crippen molar-refractivity contribution in [3.63, 3.8) is 0 Å². The molecule has 2 aromatic heterocycles. The maximum absolute atomic E-state index is 11.1. The summed E-state index contributed by atoms with van der Waals surface area (Å²) in [5.41, 5.74) is 5.04. The molecule has 2 aromatic rings. The molecule has 6 heteroatoms. The van der Waals surface area contributed by atoms with Crippen LogP contribution in [0, 0.1) is 0 Å². The van der Waals surface area contributed by atoms with Crippen LogP contribution in [0.4, 0.5) is 5.69 Å². The fraction of sp³-hybridized carbons (Fsp3) is 0.222. The molecule has 2 rings (SSSR count). The number of aromatic nitrogens is 4. The van der Waals surface area contributed by atoms with E-state index in [9.17, 15) is 4.79 Å². The lowest BCUT2D eigenvalue weighted by molar-refractivity contribution is 0.802. The number of nitrogen functional groups attached to an aromatic ring is 1. The summed E-state index contributed by atoms with van der Waals surface area (Å²) in [6, 6.07) is 1.73. The zero-order valence-electron chi connectivity index (χ0n) is 8.64. The van der Waals surface area contributed by atoms with Crippen molar-refractivity contribution in [3.8, 4) is 5.95 Å². The minimum absolute atomic E-state index is 0.0934. The second-order valence-corrected chi connectivity index (χ2v) is 2.44. The van der Waals surface area contributed by atoms with Crippen molar-refractivity contribution >= 4 is 5.69 Å². The molecular weight excluding hydrogens is 194 g/mol. The summed E-state index contributed by atoms with van der Waals surface area (Å²) in [6.45, 7) is 4.00. The van der Waals surface area contributed by atoms with Gasteiger partial charge in [0.15, 0.2) is 0 Å². The molecule has 0 saturated carbocycles. The molecule has 0 saturated heterocycles. The maximum atomic E-state index is 11.1. The minimum atomic E-state index is -0.361. The SMILES string of the molecule is CC.Nc1cnc(-n2cccn2)[nH]c1=O. The maximum Gasteiger partial charge on any atom is 0.275 e. The first-order valence-corrected chi connectivity index (χ1v) is 4.62. The molecule has 3 N–H and O–H groups in total. The van der Waals surface area contributed by atoms with Crippen molar-refractivity contribution in [1.82, 2.24) is 19.7 Å². The number of H-pyrrole nitrogens is 1. The number of aromatic amines is 1. The van der Waals surface area contributed by atoms with Gasteiger partial charge in [-0.25, -0.2) is 9.67 Å². The lowest BCUT2D eigenvalue weighted by atomic mass is 10.5. The van der Waals surface area contributed by atoms with Crippen LogP contribution in [-0.4, -0.2) is 19.7 Å². The van der Waals surface area contributed by atoms with Gasteiger partial charge in [-0.2, -0.15) is 5.10 Å². The Bertz CT molecular complexity index is 460. The summed E-state index contributed by atoms with van der Waals surface area (Å²) in [4.78, 5) is 17.5. The van der Waals surface area contributed by atoms with Crippen LogP contribution in [0.3, 0.4) is 0 Å². The van der Waals surface area contributed by atoms with Gasteiger partial charge in [-0.1, -0.05) is 13.8 Å². The van der Waals surface area contributed by atoms with Gasteiger partial charge >= 0.3 is 0 Å². The fourth-order valence-corrected chi connectivity index (χ4v) is 0.906. The fourth-order valence-electron chi connectivity index (χ4n) is 0.906. The predicted octanol–water partition coefficient (Wildman–Crippen LogP) is 0.564. The van der Waals surface area contributed by atoms with E-state index in [0.29, 0.717) is 5.95 Å². The van der Waals surface area contributed by atoms with E-state index in [-0.39, 0.29) is 11.2 Å². The van der Waals surface area contributed by atoms with Gasteiger partial charge in [-0.3, -0.25) is 9.78 Å². The van der Waals surface area contributed by atoms with Crippen LogP contribution in [0.5, 0.6) is 0 Å². The Labute approximate surface area is 86.8 Å². The van der Waals surface area contributed by atoms with Crippen LogP contribution in [0.1, 0.15) is 13.8 Å². The molecular formula is C9H13N5O. The van der Waals surface area contributed by atoms with Gasteiger partial charge in [0.05, 0.1) is 6.20 Å². The Morgan fingerprint density at radius 1 is 1.47 bits per heavy atom. The molecule has 0 aliphatic heterocycles. The van der Waals surface area contributed by atoms with Gasteiger partial charge in [0.1, 0.15) is 5.69 Å². The van der Waals surface area contributed by atoms with E-state index < -0.39 is 0 Å². The summed E-state index contributed by atoms with van der Waals surface area (Å²) in [5, 5.41) is 3.90. The van der Waals surface area contributed by atoms with Crippen LogP contribution < -0.4 is 11.3 Å². The first-order chi connectivity index (χ1) is 7.27. The zero-order valence-corrected chi connectivity index (χ0v) is 8.64. The number of hydrogen-bond donors (Lipinski definition) is 2. The molecule has 0 aliphatic carbocycles. The third-order valence-electron chi connectivity index (χ3n) is 1.53. The molecule has 6 nitrogen and oxygen atoms in total. The van der Waals surface area contributed by atoms with E-state index in [1.165, 1.54) is 10.9 Å². The third kappa shape index (κ3) is 2.43. The molecule has 0 unspecified atom stereocenters. The van der Waals surface area contributed by atoms with Crippen LogP contribution in [0.25, 0.3) is 5.95 Å². The molecule has 0 aromatic carbocycles. The van der Waals surface area contributed by atoms with Gasteiger partial charge in [-0.15, -0.1) is 0 Å². The molecule has 0 amide bonds. The quantitative estimate of drug-likeness (QED) is 0.715. The summed E-state index contributed by atoms with van der Waals surface area (Å²) in [7, 11) is 0. The number of nitrogens with two attached hydrogens (primary N) is 1. The summed E-state index contributed by atoms with van der Waals surface area (Å²) < 4.78 is 1.45. The van der Waals surface area contributed by atoms with Gasteiger partial charge < -0.3 is 5.73 Å². The largest absolute Gasteiger partial charge is 0.393 e. The Kier molecular flexibility index (Phi) is 3.61. The predicted molar refractivity (Wildman–Crippen MR) is 57.7 cm³/mol. The third-order valence-corrected chi connectivity index (χ3v) is 1.53. The highest BCUT2D eigenvalue weighted by atomic mass is 16.1. The Morgan fingerprint density at radius 3 is 2.73 bits per heavy atom. The average molecular weight is 207 g/mol. The second kappa shape index (κ2) is 4.94. The normalized spacial score (nSPS) is 9.20. The lowest BCUT2D eigenvalue weighted by Gasteiger charge is -1.98. The molecule has 2 heterocycles. The summed E-state index contributed by atoms with van der Waals surface area (Å²) >= 11 is 0. The molecule has 0 spiro atoms. The van der Waals surface area contributed by atoms with Crippen molar-refractivity contribution in [3.05, 3.63) is 35.0 Å². The summed E-state index contributed by atoms with van der Waals surface area (Å²) in [5.74, 6) is 0.351. The molecule has 0 atom stereocenters. The number of nitrogens with zero attached hydrogens (tertiary/aromatic N) is 3. The first kappa shape index (κ1) is 11.0. The van der Waals surface area contributed by atoms with Gasteiger partial charge in [0.25, 0.3) is 5.56 Å². The Morgan fingerprint density at radius 2 is 2.20 bits per heavy atom. The van der Waals surface area contributed by atoms with Crippen molar-refractivity contribution in [1.29, 1.82) is 0 Å². The van der Waals surface area contributed by atoms with Crippen LogP contribution >= 0.6 is 0 Å². The van der Waals surface area contributed by atoms with Crippen LogP contribution in [-0.2, 0) is 0 Å². The topological polar surface area (TPSA) is 89.6 Å². The Hall–Kier alpha value is -2.11. The van der Waals surface area contributed by atoms with Crippen LogP contribution in [0.15, 0.2) is 29.5 Å². The summed E-state index contributed by atoms with van der Waals surface area (Å²) in [6.07, 6.45) is 4.57. The molecule has 0 fully saturated rings. The highest BCUT2D eigenvalue weighted by Gasteiger charge is 1.99. The lowest BCUT2D eigenvalue weighted by Crippen LogP contribution is -2.16. The molecule has 15 heavy (non-hydrogen) atoms. The van der Waals surface area contributed by atoms with Crippen molar-refractivity contribution < 1.29 is 0 Å². The van der Waals surface area contributed by atoms with E-state index in [1.807, 2.05) is 13.8 Å². The second-order valence-electron chi connectivity index (χ2n) is 2.44. The highest BCUT2D eigenvalue weighted by molar-refractivity contribution is 5.32. The minimum Gasteiger partial charge on any atom is -0.393 e. The monoisotopic (exact) mass is 207 g/mol. The van der Waals surface area contributed by atoms with Crippen molar-refractivity contribution in [2.45, 2.75) is 13.8 Å². The van der Waals surface area contributed by atoms with Crippen LogP contribution in [0.2, 0.25) is 0 Å². The number of anilines is 1. The molecule has 0 aliphatic rings. The van der Waals surface area contributed by atoms with Crippen molar-refractivity contribution in [2.75, 3.05) is 5.73 Å². The van der Waals surface area contributed by atoms with Crippen molar-refractivity contribution in [2.24, 2.45) is 0 Å². The average Bonchev–Trinajstić information content (AvgIpc) is 2.78. The van der Waals surface area contributed by atoms with E-state index in [2.05, 4.69) is 15.1 Å². The smallest absolute Gasteiger partial charge is 0.275 e. The number of nitrogens with one attached hydrogen (secondary N) is 1. The first-order valence-electron chi connectivity index (χ1n) is 4.62. The number of hydrogen-bond acceptors (Lipinski definition) is 4. The molecule has 0 bridgehead atoms. The Balaban J connectivity index is 0.000000531. The zero-order chi connectivity index (χ0) is 11.3. The van der Waals surface area contributed by atoms with E-state index in [4.69, 9.17) is 5.73 Å². The standard InChI is InChI=1S/C7H7N5O.C2H6/c8-5-4-9-7(11-6(5)13)12-3-1-2-10-12;1-2/h1-4H,8H2,(H,9,11,13);1-2H3. The number of rotatable bonds is 1. The van der Waals surface area contributed by atoms with Gasteiger partial charge in [0.2, 0.25) is 5.95 Å². The van der Waals surface area contributed by atoms with Gasteiger partial charge in [0, 0.05) is 12.4 Å². The van der Waals surface area contributed by atoms with E-state index in [1.54, 1.807) is 18.5 Å². The van der Waals surface area contributed by atoms with E-state index >= 15 is 0 Å². The highest BCUT2D eigenvalue weighted by Crippen LogP contribution is 1.95. The molecule has 80 valence electrons. The molecule has 0 radical (unpaired) electrons. The van der Waals surface area contributed by atoms with E-state index in [0.717, 1.165) is 0 Å².